The molecular weight excluding hydrogens is 240 g/mol. The predicted octanol–water partition coefficient (Wildman–Crippen LogP) is 5.82. The predicted molar refractivity (Wildman–Crippen MR) is 90.7 cm³/mol. The van der Waals surface area contributed by atoms with Crippen molar-refractivity contribution in [3.63, 3.8) is 0 Å². The molecule has 0 saturated carbocycles. The highest BCUT2D eigenvalue weighted by atomic mass is 14.1. The molecule has 0 N–H and O–H groups in total. The van der Waals surface area contributed by atoms with Gasteiger partial charge in [-0.2, -0.15) is 0 Å². The van der Waals surface area contributed by atoms with E-state index in [1.165, 1.54) is 39.0 Å². The average Bonchev–Trinajstić information content (AvgIpc) is 2.43. The quantitative estimate of drug-likeness (QED) is 0.612. The highest BCUT2D eigenvalue weighted by Crippen LogP contribution is 2.26. The van der Waals surface area contributed by atoms with E-state index in [0.29, 0.717) is 0 Å². The first-order valence-electron chi connectivity index (χ1n) is 7.01. The fourth-order valence-corrected chi connectivity index (χ4v) is 2.59. The molecule has 0 heteroatoms. The van der Waals surface area contributed by atoms with Crippen molar-refractivity contribution in [2.24, 2.45) is 0 Å². The third-order valence-corrected chi connectivity index (χ3v) is 3.82. The maximum atomic E-state index is 3.89. The number of hydrogen-bond acceptors (Lipinski definition) is 0. The van der Waals surface area contributed by atoms with Crippen molar-refractivity contribution in [2.75, 3.05) is 0 Å². The number of benzene rings is 2. The van der Waals surface area contributed by atoms with E-state index in [4.69, 9.17) is 0 Å². The SMILES string of the molecule is C=Cc1ccccc1/C=C(\C)c1cc(C)cc(C)c1C. The lowest BCUT2D eigenvalue weighted by molar-refractivity contribution is 1.27. The van der Waals surface area contributed by atoms with Crippen LogP contribution < -0.4 is 0 Å². The van der Waals surface area contributed by atoms with Crippen molar-refractivity contribution in [3.05, 3.63) is 76.4 Å². The molecular formula is C20H22. The summed E-state index contributed by atoms with van der Waals surface area (Å²) in [5, 5.41) is 0. The standard InChI is InChI=1S/C20H22/c1-6-18-9-7-8-10-19(18)13-16(4)20-12-14(2)11-15(3)17(20)5/h6-13H,1H2,2-5H3/b16-13+. The Labute approximate surface area is 122 Å². The van der Waals surface area contributed by atoms with Crippen LogP contribution in [-0.2, 0) is 0 Å². The van der Waals surface area contributed by atoms with E-state index >= 15 is 0 Å². The van der Waals surface area contributed by atoms with Crippen LogP contribution in [0, 0.1) is 20.8 Å². The van der Waals surface area contributed by atoms with Gasteiger partial charge in [-0.25, -0.2) is 0 Å². The molecule has 0 spiro atoms. The van der Waals surface area contributed by atoms with Crippen LogP contribution in [0.15, 0.2) is 43.0 Å². The molecule has 0 nitrogen and oxygen atoms in total. The van der Waals surface area contributed by atoms with E-state index in [-0.39, 0.29) is 0 Å². The molecule has 0 unspecified atom stereocenters. The van der Waals surface area contributed by atoms with Gasteiger partial charge in [-0.1, -0.05) is 60.7 Å². The summed E-state index contributed by atoms with van der Waals surface area (Å²) in [4.78, 5) is 0. The van der Waals surface area contributed by atoms with E-state index in [2.05, 4.69) is 70.7 Å². The summed E-state index contributed by atoms with van der Waals surface area (Å²) in [6.07, 6.45) is 4.16. The summed E-state index contributed by atoms with van der Waals surface area (Å²) >= 11 is 0. The molecule has 0 radical (unpaired) electrons. The maximum Gasteiger partial charge on any atom is -0.0181 e. The van der Waals surface area contributed by atoms with Gasteiger partial charge in [0.2, 0.25) is 0 Å². The van der Waals surface area contributed by atoms with Crippen LogP contribution in [0.3, 0.4) is 0 Å². The molecule has 20 heavy (non-hydrogen) atoms. The van der Waals surface area contributed by atoms with E-state index in [0.717, 1.165) is 0 Å². The lowest BCUT2D eigenvalue weighted by Crippen LogP contribution is -1.92. The van der Waals surface area contributed by atoms with Crippen LogP contribution in [0.2, 0.25) is 0 Å². The average molecular weight is 262 g/mol. The van der Waals surface area contributed by atoms with Gasteiger partial charge in [0.1, 0.15) is 0 Å². The minimum absolute atomic E-state index is 1.17. The third-order valence-electron chi connectivity index (χ3n) is 3.82. The van der Waals surface area contributed by atoms with Gasteiger partial charge in [0.25, 0.3) is 0 Å². The van der Waals surface area contributed by atoms with Gasteiger partial charge in [-0.3, -0.25) is 0 Å². The first-order chi connectivity index (χ1) is 9.52. The molecule has 0 aliphatic heterocycles. The second-order valence-electron chi connectivity index (χ2n) is 5.41. The highest BCUT2D eigenvalue weighted by molar-refractivity contribution is 5.84. The van der Waals surface area contributed by atoms with E-state index in [9.17, 15) is 0 Å². The highest BCUT2D eigenvalue weighted by Gasteiger charge is 2.05. The van der Waals surface area contributed by atoms with Crippen LogP contribution in [0.5, 0.6) is 0 Å². The minimum Gasteiger partial charge on any atom is -0.0984 e. The van der Waals surface area contributed by atoms with Crippen LogP contribution >= 0.6 is 0 Å². The molecule has 0 aromatic heterocycles. The van der Waals surface area contributed by atoms with Gasteiger partial charge in [-0.05, 0) is 61.1 Å². The molecule has 0 fully saturated rings. The third kappa shape index (κ3) is 2.91. The summed E-state index contributed by atoms with van der Waals surface area (Å²) in [6.45, 7) is 12.6. The van der Waals surface area contributed by atoms with Crippen molar-refractivity contribution in [3.8, 4) is 0 Å². The normalized spacial score (nSPS) is 11.5. The molecule has 2 aromatic carbocycles. The molecule has 0 saturated heterocycles. The first kappa shape index (κ1) is 14.3. The Bertz CT molecular complexity index is 672. The molecule has 0 aliphatic rings. The van der Waals surface area contributed by atoms with Crippen LogP contribution in [0.1, 0.15) is 40.3 Å². The van der Waals surface area contributed by atoms with Crippen LogP contribution in [0.4, 0.5) is 0 Å². The van der Waals surface area contributed by atoms with E-state index < -0.39 is 0 Å². The topological polar surface area (TPSA) is 0 Å². The molecule has 0 amide bonds. The Morgan fingerprint density at radius 3 is 2.30 bits per heavy atom. The van der Waals surface area contributed by atoms with Gasteiger partial charge in [-0.15, -0.1) is 0 Å². The Morgan fingerprint density at radius 1 is 1.00 bits per heavy atom. The summed E-state index contributed by atoms with van der Waals surface area (Å²) in [5.41, 5.74) is 9.05. The summed E-state index contributed by atoms with van der Waals surface area (Å²) < 4.78 is 0. The number of rotatable bonds is 3. The van der Waals surface area contributed by atoms with Crippen molar-refractivity contribution >= 4 is 17.7 Å². The Kier molecular flexibility index (Phi) is 4.24. The zero-order valence-electron chi connectivity index (χ0n) is 12.8. The second-order valence-corrected chi connectivity index (χ2v) is 5.41. The number of hydrogen-bond donors (Lipinski definition) is 0. The molecule has 102 valence electrons. The summed E-state index contributed by atoms with van der Waals surface area (Å²) in [5.74, 6) is 0. The first-order valence-corrected chi connectivity index (χ1v) is 7.01. The molecule has 0 aliphatic carbocycles. The molecule has 2 rings (SSSR count). The Morgan fingerprint density at radius 2 is 1.65 bits per heavy atom. The minimum atomic E-state index is 1.17. The van der Waals surface area contributed by atoms with Crippen molar-refractivity contribution < 1.29 is 0 Å². The van der Waals surface area contributed by atoms with Crippen molar-refractivity contribution in [2.45, 2.75) is 27.7 Å². The second kappa shape index (κ2) is 5.92. The number of aryl methyl sites for hydroxylation is 2. The van der Waals surface area contributed by atoms with E-state index in [1.54, 1.807) is 0 Å². The molecule has 0 bridgehead atoms. The van der Waals surface area contributed by atoms with Crippen LogP contribution in [-0.4, -0.2) is 0 Å². The smallest absolute Gasteiger partial charge is 0.0181 e. The Balaban J connectivity index is 2.53. The van der Waals surface area contributed by atoms with Crippen molar-refractivity contribution in [1.29, 1.82) is 0 Å². The lowest BCUT2D eigenvalue weighted by Gasteiger charge is -2.12. The van der Waals surface area contributed by atoms with Crippen LogP contribution in [0.25, 0.3) is 17.7 Å². The monoisotopic (exact) mass is 262 g/mol. The molecule has 0 heterocycles. The fourth-order valence-electron chi connectivity index (χ4n) is 2.59. The number of allylic oxidation sites excluding steroid dienone is 1. The largest absolute Gasteiger partial charge is 0.0984 e. The van der Waals surface area contributed by atoms with Gasteiger partial charge in [0.05, 0.1) is 0 Å². The zero-order valence-corrected chi connectivity index (χ0v) is 12.8. The van der Waals surface area contributed by atoms with Crippen molar-refractivity contribution in [1.82, 2.24) is 0 Å². The fraction of sp³-hybridized carbons (Fsp3) is 0.200. The Hall–Kier alpha value is -2.08. The summed E-state index contributed by atoms with van der Waals surface area (Å²) in [6, 6.07) is 12.9. The zero-order chi connectivity index (χ0) is 14.7. The molecule has 2 aromatic rings. The lowest BCUT2D eigenvalue weighted by atomic mass is 9.93. The van der Waals surface area contributed by atoms with Gasteiger partial charge >= 0.3 is 0 Å². The molecule has 0 atom stereocenters. The van der Waals surface area contributed by atoms with E-state index in [1.807, 2.05) is 12.1 Å². The maximum absolute atomic E-state index is 3.89. The van der Waals surface area contributed by atoms with Gasteiger partial charge in [0.15, 0.2) is 0 Å². The van der Waals surface area contributed by atoms with Gasteiger partial charge in [0, 0.05) is 0 Å². The summed E-state index contributed by atoms with van der Waals surface area (Å²) in [7, 11) is 0. The van der Waals surface area contributed by atoms with Gasteiger partial charge < -0.3 is 0 Å².